The quantitative estimate of drug-likeness (QED) is 0.468. The average Bonchev–Trinajstić information content (AvgIpc) is 3.26. The molecule has 0 aliphatic carbocycles. The third-order valence-corrected chi connectivity index (χ3v) is 5.34. The lowest BCUT2D eigenvalue weighted by Gasteiger charge is -2.24. The lowest BCUT2D eigenvalue weighted by atomic mass is 10.0. The summed E-state index contributed by atoms with van der Waals surface area (Å²) < 4.78 is 20.2. The molecule has 1 aliphatic heterocycles. The number of rotatable bonds is 5. The highest BCUT2D eigenvalue weighted by molar-refractivity contribution is 6.03. The number of carbonyl (C=O) groups is 1. The van der Waals surface area contributed by atoms with E-state index in [2.05, 4.69) is 26.8 Å². The van der Waals surface area contributed by atoms with E-state index in [-0.39, 0.29) is 12.0 Å². The smallest absolute Gasteiger partial charge is 0.258 e. The van der Waals surface area contributed by atoms with E-state index in [0.717, 1.165) is 22.6 Å². The Hall–Kier alpha value is -4.46. The summed E-state index contributed by atoms with van der Waals surface area (Å²) in [6.45, 7) is 0. The minimum atomic E-state index is -0.421. The van der Waals surface area contributed by atoms with Gasteiger partial charge in [0.1, 0.15) is 17.6 Å². The first-order valence-electron chi connectivity index (χ1n) is 10.3. The Labute approximate surface area is 189 Å². The van der Waals surface area contributed by atoms with Gasteiger partial charge in [-0.15, -0.1) is 5.10 Å². The SMILES string of the molecule is COc1ccc(C2C=C(c3ccccc3)Nc3nc(NC(=O)c4ccc(F)cc4)nn32)cc1. The summed E-state index contributed by atoms with van der Waals surface area (Å²) >= 11 is 0. The van der Waals surface area contributed by atoms with Crippen molar-refractivity contribution in [3.63, 3.8) is 0 Å². The molecule has 2 N–H and O–H groups in total. The fourth-order valence-corrected chi connectivity index (χ4v) is 3.65. The molecule has 0 saturated heterocycles. The van der Waals surface area contributed by atoms with Crippen LogP contribution in [0, 0.1) is 5.82 Å². The third kappa shape index (κ3) is 4.18. The minimum Gasteiger partial charge on any atom is -0.497 e. The van der Waals surface area contributed by atoms with Gasteiger partial charge in [0, 0.05) is 11.3 Å². The van der Waals surface area contributed by atoms with Crippen molar-refractivity contribution >= 4 is 23.5 Å². The van der Waals surface area contributed by atoms with Gasteiger partial charge in [-0.25, -0.2) is 9.07 Å². The van der Waals surface area contributed by atoms with Gasteiger partial charge in [0.05, 0.1) is 7.11 Å². The number of hydrogen-bond acceptors (Lipinski definition) is 5. The molecule has 0 fully saturated rings. The molecule has 7 nitrogen and oxygen atoms in total. The molecule has 1 unspecified atom stereocenters. The van der Waals surface area contributed by atoms with Gasteiger partial charge in [-0.2, -0.15) is 4.98 Å². The van der Waals surface area contributed by atoms with Crippen molar-refractivity contribution in [2.75, 3.05) is 17.7 Å². The second-order valence-corrected chi connectivity index (χ2v) is 7.45. The van der Waals surface area contributed by atoms with E-state index < -0.39 is 11.7 Å². The van der Waals surface area contributed by atoms with E-state index in [0.29, 0.717) is 11.5 Å². The molecule has 2 heterocycles. The number of hydrogen-bond donors (Lipinski definition) is 2. The Morgan fingerprint density at radius 1 is 1.03 bits per heavy atom. The molecule has 0 spiro atoms. The summed E-state index contributed by atoms with van der Waals surface area (Å²) in [7, 11) is 1.62. The van der Waals surface area contributed by atoms with Crippen LogP contribution in [0.2, 0.25) is 0 Å². The van der Waals surface area contributed by atoms with Crippen LogP contribution < -0.4 is 15.4 Å². The summed E-state index contributed by atoms with van der Waals surface area (Å²) in [5.41, 5.74) is 3.18. The number of carbonyl (C=O) groups excluding carboxylic acids is 1. The van der Waals surface area contributed by atoms with Gasteiger partial charge in [-0.1, -0.05) is 42.5 Å². The first-order chi connectivity index (χ1) is 16.1. The molecule has 164 valence electrons. The van der Waals surface area contributed by atoms with E-state index in [1.54, 1.807) is 11.8 Å². The normalized spacial score (nSPS) is 14.6. The van der Waals surface area contributed by atoms with E-state index in [4.69, 9.17) is 4.74 Å². The fourth-order valence-electron chi connectivity index (χ4n) is 3.65. The third-order valence-electron chi connectivity index (χ3n) is 5.34. The summed E-state index contributed by atoms with van der Waals surface area (Å²) in [6.07, 6.45) is 2.06. The Balaban J connectivity index is 1.49. The molecular weight excluding hydrogens is 421 g/mol. The van der Waals surface area contributed by atoms with Gasteiger partial charge < -0.3 is 10.1 Å². The van der Waals surface area contributed by atoms with Crippen LogP contribution in [-0.4, -0.2) is 27.8 Å². The molecular formula is C25H20FN5O2. The number of aromatic nitrogens is 3. The Morgan fingerprint density at radius 3 is 2.45 bits per heavy atom. The predicted octanol–water partition coefficient (Wildman–Crippen LogP) is 4.73. The van der Waals surface area contributed by atoms with Crippen LogP contribution in [0.1, 0.15) is 27.5 Å². The van der Waals surface area contributed by atoms with Crippen molar-refractivity contribution in [2.24, 2.45) is 0 Å². The predicted molar refractivity (Wildman–Crippen MR) is 124 cm³/mol. The van der Waals surface area contributed by atoms with Gasteiger partial charge in [0.15, 0.2) is 0 Å². The number of nitrogens with one attached hydrogen (secondary N) is 2. The molecule has 8 heteroatoms. The number of methoxy groups -OCH3 is 1. The maximum atomic E-state index is 13.2. The van der Waals surface area contributed by atoms with Crippen LogP contribution in [0.5, 0.6) is 5.75 Å². The minimum absolute atomic E-state index is 0.146. The van der Waals surface area contributed by atoms with Gasteiger partial charge in [0.25, 0.3) is 11.9 Å². The molecule has 1 aromatic heterocycles. The van der Waals surface area contributed by atoms with Gasteiger partial charge in [-0.05, 0) is 53.6 Å². The van der Waals surface area contributed by atoms with Crippen LogP contribution in [-0.2, 0) is 0 Å². The summed E-state index contributed by atoms with van der Waals surface area (Å²) in [4.78, 5) is 17.1. The molecule has 0 radical (unpaired) electrons. The molecule has 3 aromatic carbocycles. The molecule has 0 saturated carbocycles. The van der Waals surface area contributed by atoms with E-state index in [9.17, 15) is 9.18 Å². The van der Waals surface area contributed by atoms with Crippen LogP contribution in [0.25, 0.3) is 5.70 Å². The highest BCUT2D eigenvalue weighted by atomic mass is 19.1. The molecule has 1 atom stereocenters. The zero-order valence-corrected chi connectivity index (χ0v) is 17.7. The molecule has 5 rings (SSSR count). The second-order valence-electron chi connectivity index (χ2n) is 7.45. The number of benzene rings is 3. The number of allylic oxidation sites excluding steroid dienone is 1. The maximum Gasteiger partial charge on any atom is 0.258 e. The number of ether oxygens (including phenoxy) is 1. The Kier molecular flexibility index (Phi) is 5.32. The maximum absolute atomic E-state index is 13.2. The van der Waals surface area contributed by atoms with Crippen molar-refractivity contribution < 1.29 is 13.9 Å². The summed E-state index contributed by atoms with van der Waals surface area (Å²) in [5, 5.41) is 10.5. The highest BCUT2D eigenvalue weighted by Gasteiger charge is 2.26. The lowest BCUT2D eigenvalue weighted by Crippen LogP contribution is -2.20. The topological polar surface area (TPSA) is 81.1 Å². The van der Waals surface area contributed by atoms with Gasteiger partial charge >= 0.3 is 0 Å². The molecule has 0 bridgehead atoms. The first-order valence-corrected chi connectivity index (χ1v) is 10.3. The second kappa shape index (κ2) is 8.58. The fraction of sp³-hybridized carbons (Fsp3) is 0.0800. The van der Waals surface area contributed by atoms with Crippen LogP contribution in [0.15, 0.2) is 84.9 Å². The zero-order chi connectivity index (χ0) is 22.8. The molecule has 1 amide bonds. The monoisotopic (exact) mass is 441 g/mol. The van der Waals surface area contributed by atoms with Crippen molar-refractivity contribution in [3.05, 3.63) is 107 Å². The molecule has 4 aromatic rings. The standard InChI is InChI=1S/C25H20FN5O2/c1-33-20-13-9-17(10-14-20)22-15-21(16-5-3-2-4-6-16)27-25-29-24(30-31(22)25)28-23(32)18-7-11-19(26)12-8-18/h2-15,22H,1H3,(H2,27,28,29,30,32). The van der Waals surface area contributed by atoms with Gasteiger partial charge in [0.2, 0.25) is 5.95 Å². The number of anilines is 2. The number of halogens is 1. The van der Waals surface area contributed by atoms with Crippen molar-refractivity contribution in [2.45, 2.75) is 6.04 Å². The van der Waals surface area contributed by atoms with Crippen LogP contribution in [0.4, 0.5) is 16.3 Å². The number of amides is 1. The van der Waals surface area contributed by atoms with E-state index >= 15 is 0 Å². The zero-order valence-electron chi connectivity index (χ0n) is 17.7. The Bertz CT molecular complexity index is 1320. The largest absolute Gasteiger partial charge is 0.497 e. The average molecular weight is 441 g/mol. The van der Waals surface area contributed by atoms with Crippen molar-refractivity contribution in [3.8, 4) is 5.75 Å². The molecule has 1 aliphatic rings. The Morgan fingerprint density at radius 2 is 1.76 bits per heavy atom. The van der Waals surface area contributed by atoms with Crippen LogP contribution >= 0.6 is 0 Å². The summed E-state index contributed by atoms with van der Waals surface area (Å²) in [6, 6.07) is 22.7. The van der Waals surface area contributed by atoms with E-state index in [1.165, 1.54) is 24.3 Å². The first kappa shape index (κ1) is 20.4. The molecule has 33 heavy (non-hydrogen) atoms. The highest BCUT2D eigenvalue weighted by Crippen LogP contribution is 2.33. The van der Waals surface area contributed by atoms with Gasteiger partial charge in [-0.3, -0.25) is 10.1 Å². The van der Waals surface area contributed by atoms with Crippen molar-refractivity contribution in [1.82, 2.24) is 14.8 Å². The number of fused-ring (bicyclic) bond motifs is 1. The van der Waals surface area contributed by atoms with Crippen LogP contribution in [0.3, 0.4) is 0 Å². The van der Waals surface area contributed by atoms with Crippen molar-refractivity contribution in [1.29, 1.82) is 0 Å². The summed E-state index contributed by atoms with van der Waals surface area (Å²) in [5.74, 6) is 0.564. The van der Waals surface area contributed by atoms with E-state index in [1.807, 2.05) is 54.6 Å². The lowest BCUT2D eigenvalue weighted by molar-refractivity contribution is 0.102. The number of nitrogens with zero attached hydrogens (tertiary/aromatic N) is 3.